The van der Waals surface area contributed by atoms with Crippen molar-refractivity contribution in [1.29, 1.82) is 0 Å². The predicted octanol–water partition coefficient (Wildman–Crippen LogP) is 3.94. The summed E-state index contributed by atoms with van der Waals surface area (Å²) in [6.45, 7) is 1.37. The molecule has 1 N–H and O–H groups in total. The van der Waals surface area contributed by atoms with Crippen LogP contribution in [0.15, 0.2) is 55.4 Å². The molecule has 3 aromatic rings. The molecule has 0 bridgehead atoms. The highest BCUT2D eigenvalue weighted by Gasteiger charge is 2.27. The number of nitrogens with zero attached hydrogens (tertiary/aromatic N) is 4. The molecule has 0 spiro atoms. The number of amides is 1. The number of piperidine rings is 1. The van der Waals surface area contributed by atoms with Gasteiger partial charge < -0.3 is 9.88 Å². The lowest BCUT2D eigenvalue weighted by molar-refractivity contribution is -0.127. The number of rotatable bonds is 4. The van der Waals surface area contributed by atoms with Crippen molar-refractivity contribution >= 4 is 23.6 Å². The van der Waals surface area contributed by atoms with E-state index in [0.717, 1.165) is 41.9 Å². The fraction of sp³-hybridized carbons (Fsp3) is 0.238. The Morgan fingerprint density at radius 1 is 1.21 bits per heavy atom. The van der Waals surface area contributed by atoms with E-state index in [-0.39, 0.29) is 11.8 Å². The Hall–Kier alpha value is -2.99. The van der Waals surface area contributed by atoms with E-state index in [4.69, 9.17) is 11.6 Å². The zero-order valence-corrected chi connectivity index (χ0v) is 16.0. The lowest BCUT2D eigenvalue weighted by Crippen LogP contribution is -2.38. The van der Waals surface area contributed by atoms with Crippen molar-refractivity contribution in [2.45, 2.75) is 18.8 Å². The Morgan fingerprint density at radius 2 is 2.11 bits per heavy atom. The molecule has 1 fully saturated rings. The van der Waals surface area contributed by atoms with E-state index in [1.165, 1.54) is 0 Å². The van der Waals surface area contributed by atoms with Gasteiger partial charge in [-0.1, -0.05) is 29.8 Å². The summed E-state index contributed by atoms with van der Waals surface area (Å²) < 4.78 is 0. The van der Waals surface area contributed by atoms with Gasteiger partial charge in [0, 0.05) is 47.4 Å². The van der Waals surface area contributed by atoms with Crippen molar-refractivity contribution in [3.63, 3.8) is 0 Å². The third-order valence-corrected chi connectivity index (χ3v) is 5.28. The normalized spacial score (nSPS) is 17.2. The first-order valence-corrected chi connectivity index (χ1v) is 9.60. The molecule has 142 valence electrons. The third kappa shape index (κ3) is 3.97. The van der Waals surface area contributed by atoms with Gasteiger partial charge in [-0.25, -0.2) is 15.0 Å². The third-order valence-electron chi connectivity index (χ3n) is 4.95. The van der Waals surface area contributed by atoms with Crippen LogP contribution in [0.2, 0.25) is 5.02 Å². The summed E-state index contributed by atoms with van der Waals surface area (Å²) in [5.74, 6) is 0.139. The molecule has 0 aliphatic carbocycles. The van der Waals surface area contributed by atoms with Crippen LogP contribution in [0.5, 0.6) is 0 Å². The zero-order valence-electron chi connectivity index (χ0n) is 15.3. The average molecular weight is 394 g/mol. The summed E-state index contributed by atoms with van der Waals surface area (Å²) in [5.41, 5.74) is 3.60. The van der Waals surface area contributed by atoms with Crippen LogP contribution in [0.1, 0.15) is 30.1 Å². The Kier molecular flexibility index (Phi) is 5.48. The van der Waals surface area contributed by atoms with Crippen LogP contribution in [0, 0.1) is 0 Å². The van der Waals surface area contributed by atoms with Gasteiger partial charge in [-0.2, -0.15) is 0 Å². The number of hydrogen-bond acceptors (Lipinski definition) is 4. The Labute approximate surface area is 168 Å². The molecule has 6 nitrogen and oxygen atoms in total. The number of hydrogen-bond donors (Lipinski definition) is 1. The summed E-state index contributed by atoms with van der Waals surface area (Å²) in [5, 5.41) is 0.671. The maximum Gasteiger partial charge on any atom is 0.246 e. The minimum atomic E-state index is -0.00681. The predicted molar refractivity (Wildman–Crippen MR) is 109 cm³/mol. The van der Waals surface area contributed by atoms with Gasteiger partial charge in [0.25, 0.3) is 0 Å². The zero-order chi connectivity index (χ0) is 19.3. The Morgan fingerprint density at radius 3 is 2.93 bits per heavy atom. The molecule has 1 amide bonds. The fourth-order valence-electron chi connectivity index (χ4n) is 3.58. The van der Waals surface area contributed by atoms with Crippen molar-refractivity contribution < 1.29 is 4.79 Å². The molecule has 0 radical (unpaired) electrons. The van der Waals surface area contributed by atoms with Crippen LogP contribution in [0.25, 0.3) is 17.2 Å². The first kappa shape index (κ1) is 18.4. The largest absolute Gasteiger partial charge is 0.345 e. The highest BCUT2D eigenvalue weighted by atomic mass is 35.5. The van der Waals surface area contributed by atoms with E-state index in [1.807, 2.05) is 35.4 Å². The monoisotopic (exact) mass is 393 g/mol. The van der Waals surface area contributed by atoms with E-state index in [1.54, 1.807) is 31.0 Å². The molecule has 28 heavy (non-hydrogen) atoms. The molecule has 1 atom stereocenters. The Balaban J connectivity index is 1.56. The molecule has 4 rings (SSSR count). The number of H-pyrrole nitrogens is 1. The van der Waals surface area contributed by atoms with Gasteiger partial charge in [0.1, 0.15) is 6.33 Å². The number of nitrogens with one attached hydrogen (secondary N) is 1. The van der Waals surface area contributed by atoms with Crippen molar-refractivity contribution in [3.05, 3.63) is 71.8 Å². The molecule has 1 aliphatic rings. The number of benzene rings is 1. The van der Waals surface area contributed by atoms with Crippen LogP contribution in [-0.2, 0) is 4.79 Å². The van der Waals surface area contributed by atoms with Crippen LogP contribution in [0.3, 0.4) is 0 Å². The molecule has 3 heterocycles. The van der Waals surface area contributed by atoms with Crippen molar-refractivity contribution in [2.75, 3.05) is 13.1 Å². The van der Waals surface area contributed by atoms with Gasteiger partial charge in [0.15, 0.2) is 0 Å². The second kappa shape index (κ2) is 8.35. The lowest BCUT2D eigenvalue weighted by atomic mass is 9.90. The standard InChI is InChI=1S/C21H20ClN5O/c22-19-6-2-1-5-17(19)18-11-24-14-26-21(18)15-4-3-9-27(12-15)20(28)8-7-16-10-23-13-25-16/h1-2,5-8,10-11,13-15H,3-4,9,12H2,(H,23,25)/b8-7+/t15-/m0/s1. The topological polar surface area (TPSA) is 74.8 Å². The summed E-state index contributed by atoms with van der Waals surface area (Å²) in [4.78, 5) is 30.2. The van der Waals surface area contributed by atoms with E-state index in [9.17, 15) is 4.79 Å². The van der Waals surface area contributed by atoms with E-state index >= 15 is 0 Å². The van der Waals surface area contributed by atoms with Gasteiger partial charge in [-0.15, -0.1) is 0 Å². The van der Waals surface area contributed by atoms with Crippen LogP contribution >= 0.6 is 11.6 Å². The van der Waals surface area contributed by atoms with Crippen molar-refractivity contribution in [1.82, 2.24) is 24.8 Å². The van der Waals surface area contributed by atoms with E-state index in [0.29, 0.717) is 11.6 Å². The molecule has 0 saturated carbocycles. The van der Waals surface area contributed by atoms with Gasteiger partial charge in [-0.05, 0) is 25.0 Å². The first-order valence-electron chi connectivity index (χ1n) is 9.22. The summed E-state index contributed by atoms with van der Waals surface area (Å²) in [7, 11) is 0. The van der Waals surface area contributed by atoms with Crippen molar-refractivity contribution in [2.24, 2.45) is 0 Å². The highest BCUT2D eigenvalue weighted by molar-refractivity contribution is 6.33. The minimum Gasteiger partial charge on any atom is -0.345 e. The maximum absolute atomic E-state index is 12.6. The van der Waals surface area contributed by atoms with E-state index < -0.39 is 0 Å². The summed E-state index contributed by atoms with van der Waals surface area (Å²) in [6, 6.07) is 7.70. The number of aromatic nitrogens is 4. The number of carbonyl (C=O) groups excluding carboxylic acids is 1. The average Bonchev–Trinajstić information content (AvgIpc) is 3.26. The molecular weight excluding hydrogens is 374 g/mol. The van der Waals surface area contributed by atoms with E-state index in [2.05, 4.69) is 19.9 Å². The van der Waals surface area contributed by atoms with Gasteiger partial charge in [-0.3, -0.25) is 4.79 Å². The summed E-state index contributed by atoms with van der Waals surface area (Å²) >= 11 is 6.40. The highest BCUT2D eigenvalue weighted by Crippen LogP contribution is 2.35. The second-order valence-corrected chi connectivity index (χ2v) is 7.17. The molecule has 1 saturated heterocycles. The fourth-order valence-corrected chi connectivity index (χ4v) is 3.81. The van der Waals surface area contributed by atoms with Crippen LogP contribution in [-0.4, -0.2) is 43.8 Å². The van der Waals surface area contributed by atoms with Crippen molar-refractivity contribution in [3.8, 4) is 11.1 Å². The van der Waals surface area contributed by atoms with Gasteiger partial charge >= 0.3 is 0 Å². The number of halogens is 1. The first-order chi connectivity index (χ1) is 13.7. The molecular formula is C21H20ClN5O. The number of likely N-dealkylation sites (tertiary alicyclic amines) is 1. The Bertz CT molecular complexity index is 986. The second-order valence-electron chi connectivity index (χ2n) is 6.77. The number of imidazole rings is 1. The quantitative estimate of drug-likeness (QED) is 0.681. The van der Waals surface area contributed by atoms with Crippen LogP contribution < -0.4 is 0 Å². The maximum atomic E-state index is 12.6. The number of aromatic amines is 1. The van der Waals surface area contributed by atoms with Crippen LogP contribution in [0.4, 0.5) is 0 Å². The molecule has 7 heteroatoms. The number of carbonyl (C=O) groups is 1. The smallest absolute Gasteiger partial charge is 0.246 e. The molecule has 0 unspecified atom stereocenters. The molecule has 1 aliphatic heterocycles. The summed E-state index contributed by atoms with van der Waals surface area (Å²) in [6.07, 6.45) is 11.9. The molecule has 2 aromatic heterocycles. The minimum absolute atomic E-state index is 0.00681. The van der Waals surface area contributed by atoms with Gasteiger partial charge in [0.2, 0.25) is 5.91 Å². The van der Waals surface area contributed by atoms with Gasteiger partial charge in [0.05, 0.1) is 23.9 Å². The SMILES string of the molecule is O=C(/C=C/c1cnc[nH]1)N1CCC[C@H](c2ncncc2-c2ccccc2Cl)C1. The lowest BCUT2D eigenvalue weighted by Gasteiger charge is -2.32. The molecule has 1 aromatic carbocycles.